The zero-order valence-electron chi connectivity index (χ0n) is 13.8. The van der Waals surface area contributed by atoms with E-state index in [0.29, 0.717) is 22.0 Å². The van der Waals surface area contributed by atoms with Gasteiger partial charge in [0.2, 0.25) is 0 Å². The van der Waals surface area contributed by atoms with E-state index in [4.69, 9.17) is 11.6 Å². The quantitative estimate of drug-likeness (QED) is 0.685. The van der Waals surface area contributed by atoms with E-state index < -0.39 is 5.82 Å². The maximum Gasteiger partial charge on any atom is 0.255 e. The molecule has 1 saturated carbocycles. The SMILES string of the molecule is O=C(c1ccc(-n2ccnc2)nc1)N(Cc1c(F)cccc1Cl)C1CC1. The molecule has 1 aliphatic rings. The van der Waals surface area contributed by atoms with Gasteiger partial charge >= 0.3 is 0 Å². The van der Waals surface area contributed by atoms with Crippen LogP contribution in [0.2, 0.25) is 5.02 Å². The zero-order valence-corrected chi connectivity index (χ0v) is 14.6. The molecule has 0 bridgehead atoms. The van der Waals surface area contributed by atoms with Crippen molar-refractivity contribution in [3.8, 4) is 5.82 Å². The second-order valence-corrected chi connectivity index (χ2v) is 6.65. The van der Waals surface area contributed by atoms with E-state index in [2.05, 4.69) is 9.97 Å². The molecular formula is C19H16ClFN4O. The van der Waals surface area contributed by atoms with Crippen molar-refractivity contribution in [3.63, 3.8) is 0 Å². The standard InChI is InChI=1S/C19H16ClFN4O/c20-16-2-1-3-17(21)15(16)11-25(14-5-6-14)19(26)13-4-7-18(23-10-13)24-9-8-22-12-24/h1-4,7-10,12,14H,5-6,11H2. The van der Waals surface area contributed by atoms with Crippen LogP contribution in [0.1, 0.15) is 28.8 Å². The van der Waals surface area contributed by atoms with Gasteiger partial charge in [0.05, 0.1) is 12.1 Å². The number of hydrogen-bond acceptors (Lipinski definition) is 3. The van der Waals surface area contributed by atoms with E-state index in [1.807, 2.05) is 0 Å². The summed E-state index contributed by atoms with van der Waals surface area (Å²) in [5.74, 6) is 0.107. The molecule has 4 rings (SSSR count). The Labute approximate surface area is 155 Å². The molecule has 0 radical (unpaired) electrons. The van der Waals surface area contributed by atoms with Crippen LogP contribution in [0.3, 0.4) is 0 Å². The number of carbonyl (C=O) groups excluding carboxylic acids is 1. The fourth-order valence-corrected chi connectivity index (χ4v) is 3.06. The van der Waals surface area contributed by atoms with Gasteiger partial charge in [-0.1, -0.05) is 17.7 Å². The lowest BCUT2D eigenvalue weighted by molar-refractivity contribution is 0.0728. The molecular weight excluding hydrogens is 355 g/mol. The van der Waals surface area contributed by atoms with Gasteiger partial charge in [-0.2, -0.15) is 0 Å². The molecule has 1 aliphatic carbocycles. The molecule has 3 aromatic rings. The molecule has 0 spiro atoms. The van der Waals surface area contributed by atoms with E-state index in [1.54, 1.807) is 52.5 Å². The Bertz CT molecular complexity index is 903. The van der Waals surface area contributed by atoms with Gasteiger partial charge < -0.3 is 4.90 Å². The summed E-state index contributed by atoms with van der Waals surface area (Å²) in [6.07, 6.45) is 8.45. The fraction of sp³-hybridized carbons (Fsp3) is 0.211. The van der Waals surface area contributed by atoms with Crippen molar-refractivity contribution in [3.05, 3.63) is 77.2 Å². The van der Waals surface area contributed by atoms with Crippen LogP contribution in [0.15, 0.2) is 55.2 Å². The summed E-state index contributed by atoms with van der Waals surface area (Å²) in [4.78, 5) is 22.9. The first kappa shape index (κ1) is 16.7. The van der Waals surface area contributed by atoms with Crippen LogP contribution >= 0.6 is 11.6 Å². The summed E-state index contributed by atoms with van der Waals surface area (Å²) in [6.45, 7) is 0.151. The monoisotopic (exact) mass is 370 g/mol. The molecule has 26 heavy (non-hydrogen) atoms. The van der Waals surface area contributed by atoms with Crippen molar-refractivity contribution in [1.82, 2.24) is 19.4 Å². The predicted molar refractivity (Wildman–Crippen MR) is 95.7 cm³/mol. The lowest BCUT2D eigenvalue weighted by Gasteiger charge is -2.23. The molecule has 1 aromatic carbocycles. The normalized spacial score (nSPS) is 13.6. The highest BCUT2D eigenvalue weighted by atomic mass is 35.5. The molecule has 5 nitrogen and oxygen atoms in total. The molecule has 1 amide bonds. The molecule has 2 heterocycles. The van der Waals surface area contributed by atoms with E-state index in [1.165, 1.54) is 12.3 Å². The number of hydrogen-bond donors (Lipinski definition) is 0. The van der Waals surface area contributed by atoms with Gasteiger partial charge in [-0.3, -0.25) is 9.36 Å². The molecule has 1 fully saturated rings. The number of carbonyl (C=O) groups is 1. The summed E-state index contributed by atoms with van der Waals surface area (Å²) in [6, 6.07) is 8.16. The minimum absolute atomic E-state index is 0.117. The number of pyridine rings is 1. The Morgan fingerprint density at radius 2 is 2.15 bits per heavy atom. The molecule has 0 saturated heterocycles. The predicted octanol–water partition coefficient (Wildman–Crippen LogP) is 3.86. The Balaban J connectivity index is 1.58. The van der Waals surface area contributed by atoms with Crippen LogP contribution in [0.4, 0.5) is 4.39 Å². The molecule has 0 aliphatic heterocycles. The average molecular weight is 371 g/mol. The summed E-state index contributed by atoms with van der Waals surface area (Å²) in [5, 5.41) is 0.331. The van der Waals surface area contributed by atoms with Gasteiger partial charge in [0.25, 0.3) is 5.91 Å². The zero-order chi connectivity index (χ0) is 18.1. The third-order valence-corrected chi connectivity index (χ3v) is 4.76. The molecule has 7 heteroatoms. The van der Waals surface area contributed by atoms with Gasteiger partial charge in [0.15, 0.2) is 0 Å². The Kier molecular flexibility index (Phi) is 4.42. The van der Waals surface area contributed by atoms with Gasteiger partial charge in [0.1, 0.15) is 18.0 Å². The van der Waals surface area contributed by atoms with Crippen molar-refractivity contribution in [2.24, 2.45) is 0 Å². The van der Waals surface area contributed by atoms with Crippen molar-refractivity contribution in [1.29, 1.82) is 0 Å². The summed E-state index contributed by atoms with van der Waals surface area (Å²) < 4.78 is 15.9. The summed E-state index contributed by atoms with van der Waals surface area (Å²) in [5.41, 5.74) is 0.811. The number of aromatic nitrogens is 3. The van der Waals surface area contributed by atoms with E-state index in [0.717, 1.165) is 12.8 Å². The number of benzene rings is 1. The number of rotatable bonds is 5. The first-order valence-corrected chi connectivity index (χ1v) is 8.69. The first-order chi connectivity index (χ1) is 12.6. The smallest absolute Gasteiger partial charge is 0.255 e. The maximum atomic E-state index is 14.1. The number of nitrogens with zero attached hydrogens (tertiary/aromatic N) is 4. The number of amides is 1. The molecule has 132 valence electrons. The third-order valence-electron chi connectivity index (χ3n) is 4.40. The van der Waals surface area contributed by atoms with Crippen LogP contribution in [-0.2, 0) is 6.54 Å². The largest absolute Gasteiger partial charge is 0.331 e. The van der Waals surface area contributed by atoms with Crippen molar-refractivity contribution in [2.75, 3.05) is 0 Å². The second kappa shape index (κ2) is 6.88. The Morgan fingerprint density at radius 1 is 1.31 bits per heavy atom. The van der Waals surface area contributed by atoms with E-state index >= 15 is 0 Å². The Hall–Kier alpha value is -2.73. The van der Waals surface area contributed by atoms with Crippen LogP contribution in [-0.4, -0.2) is 31.4 Å². The van der Waals surface area contributed by atoms with Gasteiger partial charge in [-0.25, -0.2) is 14.4 Å². The van der Waals surface area contributed by atoms with Crippen LogP contribution in [0.25, 0.3) is 5.82 Å². The van der Waals surface area contributed by atoms with Crippen molar-refractivity contribution in [2.45, 2.75) is 25.4 Å². The van der Waals surface area contributed by atoms with E-state index in [-0.39, 0.29) is 18.5 Å². The molecule has 0 N–H and O–H groups in total. The van der Waals surface area contributed by atoms with Crippen molar-refractivity contribution >= 4 is 17.5 Å². The molecule has 2 aromatic heterocycles. The lowest BCUT2D eigenvalue weighted by atomic mass is 10.1. The third kappa shape index (κ3) is 3.32. The summed E-state index contributed by atoms with van der Waals surface area (Å²) in [7, 11) is 0. The van der Waals surface area contributed by atoms with Crippen molar-refractivity contribution < 1.29 is 9.18 Å². The Morgan fingerprint density at radius 3 is 2.77 bits per heavy atom. The topological polar surface area (TPSA) is 51.0 Å². The molecule has 0 unspecified atom stereocenters. The van der Waals surface area contributed by atoms with Gasteiger partial charge in [0, 0.05) is 35.2 Å². The summed E-state index contributed by atoms with van der Waals surface area (Å²) >= 11 is 6.13. The first-order valence-electron chi connectivity index (χ1n) is 8.32. The minimum Gasteiger partial charge on any atom is -0.331 e. The van der Waals surface area contributed by atoms with Crippen LogP contribution in [0.5, 0.6) is 0 Å². The van der Waals surface area contributed by atoms with Crippen LogP contribution < -0.4 is 0 Å². The van der Waals surface area contributed by atoms with Crippen LogP contribution in [0, 0.1) is 5.82 Å². The maximum absolute atomic E-state index is 14.1. The number of imidazole rings is 1. The molecule has 0 atom stereocenters. The van der Waals surface area contributed by atoms with E-state index in [9.17, 15) is 9.18 Å². The second-order valence-electron chi connectivity index (χ2n) is 6.24. The average Bonchev–Trinajstić information content (AvgIpc) is 3.34. The minimum atomic E-state index is -0.399. The lowest BCUT2D eigenvalue weighted by Crippen LogP contribution is -2.33. The highest BCUT2D eigenvalue weighted by Crippen LogP contribution is 2.32. The number of halogens is 2. The van der Waals surface area contributed by atoms with Gasteiger partial charge in [-0.15, -0.1) is 0 Å². The fourth-order valence-electron chi connectivity index (χ4n) is 2.83. The van der Waals surface area contributed by atoms with Gasteiger partial charge in [-0.05, 0) is 37.1 Å². The highest BCUT2D eigenvalue weighted by Gasteiger charge is 2.34. The highest BCUT2D eigenvalue weighted by molar-refractivity contribution is 6.31.